The number of halogens is 1. The molecule has 4 atom stereocenters. The lowest BCUT2D eigenvalue weighted by molar-refractivity contribution is -0.929. The molecule has 0 aromatic rings. The Bertz CT molecular complexity index is 251. The molecule has 5 nitrogen and oxygen atoms in total. The third-order valence-electron chi connectivity index (χ3n) is 5.02. The van der Waals surface area contributed by atoms with E-state index in [2.05, 4.69) is 0 Å². The maximum atomic E-state index is 9.59. The average molecular weight is 398 g/mol. The third kappa shape index (κ3) is 16.3. The number of quaternary nitrogens is 1. The summed E-state index contributed by atoms with van der Waals surface area (Å²) in [6.07, 6.45) is 6.09. The van der Waals surface area contributed by atoms with Gasteiger partial charge in [0, 0.05) is 0 Å². The molecule has 0 fully saturated rings. The van der Waals surface area contributed by atoms with Gasteiger partial charge in [-0.3, -0.25) is 0 Å². The van der Waals surface area contributed by atoms with Crippen molar-refractivity contribution >= 4 is 0 Å². The Labute approximate surface area is 167 Å². The molecule has 0 radical (unpaired) electrons. The summed E-state index contributed by atoms with van der Waals surface area (Å²) in [5, 5.41) is 38.4. The number of hydrogen-bond acceptors (Lipinski definition) is 4. The number of hydrogen-bond donors (Lipinski definition) is 4. The Kier molecular flexibility index (Phi) is 17.5. The van der Waals surface area contributed by atoms with Gasteiger partial charge in [-0.2, -0.15) is 0 Å². The van der Waals surface area contributed by atoms with Gasteiger partial charge in [0.1, 0.15) is 0 Å². The molecule has 0 aromatic heterocycles. The fourth-order valence-electron chi connectivity index (χ4n) is 3.56. The molecular weight excluding hydrogens is 354 g/mol. The minimum absolute atomic E-state index is 0. The van der Waals surface area contributed by atoms with Crippen LogP contribution in [0.5, 0.6) is 0 Å². The van der Waals surface area contributed by atoms with Crippen molar-refractivity contribution in [3.8, 4) is 0 Å². The first-order valence-electron chi connectivity index (χ1n) is 10.2. The van der Waals surface area contributed by atoms with Crippen LogP contribution in [0.2, 0.25) is 0 Å². The lowest BCUT2D eigenvalue weighted by atomic mass is 10.1. The first kappa shape index (κ1) is 28.3. The zero-order chi connectivity index (χ0) is 19.3. The predicted molar refractivity (Wildman–Crippen MR) is 103 cm³/mol. The maximum Gasteiger partial charge on any atom is 0.0787 e. The molecule has 26 heavy (non-hydrogen) atoms. The summed E-state index contributed by atoms with van der Waals surface area (Å²) in [7, 11) is 0. The minimum atomic E-state index is -0.269. The highest BCUT2D eigenvalue weighted by atomic mass is 35.5. The summed E-state index contributed by atoms with van der Waals surface area (Å²) in [6.45, 7) is 11.4. The van der Waals surface area contributed by atoms with E-state index in [4.69, 9.17) is 0 Å². The van der Waals surface area contributed by atoms with Crippen molar-refractivity contribution in [1.29, 1.82) is 0 Å². The Morgan fingerprint density at radius 2 is 0.692 bits per heavy atom. The van der Waals surface area contributed by atoms with Crippen molar-refractivity contribution in [3.63, 3.8) is 0 Å². The molecule has 0 bridgehead atoms. The van der Waals surface area contributed by atoms with E-state index in [1.165, 1.54) is 0 Å². The van der Waals surface area contributed by atoms with E-state index in [1.54, 1.807) is 0 Å². The van der Waals surface area contributed by atoms with Gasteiger partial charge in [0.05, 0.1) is 50.6 Å². The summed E-state index contributed by atoms with van der Waals surface area (Å²) in [5.74, 6) is 0. The molecule has 4 unspecified atom stereocenters. The monoisotopic (exact) mass is 397 g/mol. The fourth-order valence-corrected chi connectivity index (χ4v) is 3.56. The van der Waals surface area contributed by atoms with Crippen molar-refractivity contribution in [2.24, 2.45) is 0 Å². The second-order valence-corrected chi connectivity index (χ2v) is 8.20. The molecule has 0 aromatic carbocycles. The number of nitrogens with zero attached hydrogens (tertiary/aromatic N) is 1. The molecule has 0 spiro atoms. The summed E-state index contributed by atoms with van der Waals surface area (Å²) < 4.78 is 0.971. The van der Waals surface area contributed by atoms with E-state index < -0.39 is 0 Å². The van der Waals surface area contributed by atoms with Crippen LogP contribution in [-0.2, 0) is 0 Å². The van der Waals surface area contributed by atoms with E-state index >= 15 is 0 Å². The molecule has 6 heteroatoms. The molecule has 4 N–H and O–H groups in total. The topological polar surface area (TPSA) is 80.9 Å². The lowest BCUT2D eigenvalue weighted by Gasteiger charge is -2.40. The molecular formula is C20H44ClNO4. The summed E-state index contributed by atoms with van der Waals surface area (Å²) in [4.78, 5) is 0. The molecule has 0 saturated heterocycles. The average Bonchev–Trinajstić information content (AvgIpc) is 2.45. The molecule has 0 aliphatic rings. The standard InChI is InChI=1S/C20H44NO4.ClH/c1-17(22)9-5-13-21(14-6-10-18(2)23,15-7-11-19(3)24)16-8-12-20(4)25;/h17-20,22-25H,5-16H2,1-4H3;1H/q+1;/p-1. The zero-order valence-corrected chi connectivity index (χ0v) is 18.2. The van der Waals surface area contributed by atoms with Gasteiger partial charge in [-0.1, -0.05) is 0 Å². The van der Waals surface area contributed by atoms with Crippen LogP contribution in [-0.4, -0.2) is 75.5 Å². The second kappa shape index (κ2) is 16.1. The molecule has 0 saturated carbocycles. The van der Waals surface area contributed by atoms with Crippen LogP contribution in [0.3, 0.4) is 0 Å². The summed E-state index contributed by atoms with van der Waals surface area (Å²) in [5.41, 5.74) is 0. The van der Waals surface area contributed by atoms with E-state index in [0.717, 1.165) is 82.0 Å². The Hall–Kier alpha value is 0.0900. The summed E-state index contributed by atoms with van der Waals surface area (Å²) >= 11 is 0. The van der Waals surface area contributed by atoms with E-state index in [0.29, 0.717) is 0 Å². The van der Waals surface area contributed by atoms with Crippen LogP contribution < -0.4 is 12.4 Å². The van der Waals surface area contributed by atoms with Gasteiger partial charge in [-0.05, 0) is 79.1 Å². The van der Waals surface area contributed by atoms with Crippen LogP contribution in [0.15, 0.2) is 0 Å². The molecule has 0 heterocycles. The Morgan fingerprint density at radius 1 is 0.500 bits per heavy atom. The van der Waals surface area contributed by atoms with Crippen molar-refractivity contribution in [2.75, 3.05) is 26.2 Å². The van der Waals surface area contributed by atoms with Gasteiger partial charge in [-0.25, -0.2) is 0 Å². The maximum absolute atomic E-state index is 9.59. The smallest absolute Gasteiger partial charge is 0.0787 e. The molecule has 0 amide bonds. The van der Waals surface area contributed by atoms with Crippen molar-refractivity contribution in [3.05, 3.63) is 0 Å². The third-order valence-corrected chi connectivity index (χ3v) is 5.02. The van der Waals surface area contributed by atoms with Crippen molar-refractivity contribution in [2.45, 2.75) is 103 Å². The largest absolute Gasteiger partial charge is 1.00 e. The van der Waals surface area contributed by atoms with Gasteiger partial charge in [0.2, 0.25) is 0 Å². The highest BCUT2D eigenvalue weighted by Gasteiger charge is 2.26. The predicted octanol–water partition coefficient (Wildman–Crippen LogP) is -0.549. The van der Waals surface area contributed by atoms with Crippen LogP contribution >= 0.6 is 0 Å². The number of aliphatic hydroxyl groups is 4. The number of rotatable bonds is 16. The molecule has 0 rings (SSSR count). The van der Waals surface area contributed by atoms with Crippen molar-refractivity contribution < 1.29 is 37.3 Å². The Morgan fingerprint density at radius 3 is 0.846 bits per heavy atom. The zero-order valence-electron chi connectivity index (χ0n) is 17.4. The molecule has 0 aliphatic heterocycles. The van der Waals surface area contributed by atoms with E-state index in [-0.39, 0.29) is 36.8 Å². The molecule has 0 aliphatic carbocycles. The quantitative estimate of drug-likeness (QED) is 0.263. The Balaban J connectivity index is 0. The van der Waals surface area contributed by atoms with E-state index in [9.17, 15) is 20.4 Å². The van der Waals surface area contributed by atoms with Gasteiger partial charge in [-0.15, -0.1) is 0 Å². The number of aliphatic hydroxyl groups excluding tert-OH is 4. The minimum Gasteiger partial charge on any atom is -1.00 e. The first-order chi connectivity index (χ1) is 11.7. The van der Waals surface area contributed by atoms with E-state index in [1.807, 2.05) is 27.7 Å². The molecule has 160 valence electrons. The lowest BCUT2D eigenvalue weighted by Crippen LogP contribution is -3.00. The van der Waals surface area contributed by atoms with Crippen LogP contribution in [0.4, 0.5) is 0 Å². The van der Waals surface area contributed by atoms with Crippen LogP contribution in [0, 0.1) is 0 Å². The highest BCUT2D eigenvalue weighted by molar-refractivity contribution is 4.57. The first-order valence-corrected chi connectivity index (χ1v) is 10.2. The highest BCUT2D eigenvalue weighted by Crippen LogP contribution is 2.18. The van der Waals surface area contributed by atoms with Crippen LogP contribution in [0.25, 0.3) is 0 Å². The van der Waals surface area contributed by atoms with Gasteiger partial charge in [0.25, 0.3) is 0 Å². The normalized spacial score (nSPS) is 18.5. The SMILES string of the molecule is CC(O)CCC[N+](CCCC(C)O)(CCCC(C)O)CCCC(C)O.[Cl-]. The van der Waals surface area contributed by atoms with Crippen LogP contribution in [0.1, 0.15) is 79.1 Å². The van der Waals surface area contributed by atoms with Crippen molar-refractivity contribution in [1.82, 2.24) is 0 Å². The van der Waals surface area contributed by atoms with Gasteiger partial charge < -0.3 is 37.3 Å². The second-order valence-electron chi connectivity index (χ2n) is 8.20. The van der Waals surface area contributed by atoms with Gasteiger partial charge in [0.15, 0.2) is 0 Å². The summed E-state index contributed by atoms with van der Waals surface area (Å²) in [6, 6.07) is 0. The fraction of sp³-hybridized carbons (Fsp3) is 1.00. The van der Waals surface area contributed by atoms with Gasteiger partial charge >= 0.3 is 0 Å².